The Labute approximate surface area is 221 Å². The van der Waals surface area contributed by atoms with Crippen LogP contribution in [0.5, 0.6) is 0 Å². The van der Waals surface area contributed by atoms with E-state index in [1.165, 1.54) is 17.2 Å². The van der Waals surface area contributed by atoms with Gasteiger partial charge in [0.2, 0.25) is 11.8 Å². The number of anilines is 1. The number of aliphatic hydroxyl groups excluding tert-OH is 1. The number of furan rings is 1. The number of aryl methyl sites for hydroxylation is 2. The molecule has 0 radical (unpaired) electrons. The van der Waals surface area contributed by atoms with Crippen LogP contribution in [0.3, 0.4) is 0 Å². The molecule has 0 aliphatic carbocycles. The van der Waals surface area contributed by atoms with Gasteiger partial charge in [-0.05, 0) is 42.7 Å². The molecule has 1 unspecified atom stereocenters. The molecule has 204 valence electrons. The third kappa shape index (κ3) is 7.59. The molecule has 0 saturated carbocycles. The third-order valence-corrected chi connectivity index (χ3v) is 6.41. The molecule has 4 rings (SSSR count). The number of amides is 2. The highest BCUT2D eigenvalue weighted by molar-refractivity contribution is 7.50. The molecule has 0 bridgehead atoms. The summed E-state index contributed by atoms with van der Waals surface area (Å²) in [4.78, 5) is 43.3. The number of rotatable bonds is 8. The van der Waals surface area contributed by atoms with Gasteiger partial charge in [-0.25, -0.2) is 4.98 Å². The van der Waals surface area contributed by atoms with E-state index in [1.54, 1.807) is 18.0 Å². The van der Waals surface area contributed by atoms with Gasteiger partial charge in [0.05, 0.1) is 19.7 Å². The van der Waals surface area contributed by atoms with Crippen LogP contribution in [-0.2, 0) is 31.6 Å². The lowest BCUT2D eigenvalue weighted by Crippen LogP contribution is -2.51. The molecule has 3 heterocycles. The van der Waals surface area contributed by atoms with E-state index in [0.29, 0.717) is 30.9 Å². The quantitative estimate of drug-likeness (QED) is 0.318. The Morgan fingerprint density at radius 3 is 2.74 bits per heavy atom. The normalized spacial score (nSPS) is 14.7. The van der Waals surface area contributed by atoms with E-state index < -0.39 is 14.3 Å². The number of carbonyl (C=O) groups excluding carboxylic acids is 2. The van der Waals surface area contributed by atoms with Crippen molar-refractivity contribution in [1.29, 1.82) is 0 Å². The Morgan fingerprint density at radius 2 is 2.08 bits per heavy atom. The van der Waals surface area contributed by atoms with E-state index >= 15 is 0 Å². The van der Waals surface area contributed by atoms with Gasteiger partial charge in [-0.3, -0.25) is 14.5 Å². The average Bonchev–Trinajstić information content (AvgIpc) is 3.21. The number of hydrogen-bond donors (Lipinski definition) is 2. The molecule has 0 saturated heterocycles. The summed E-state index contributed by atoms with van der Waals surface area (Å²) < 4.78 is 22.0. The van der Waals surface area contributed by atoms with Crippen molar-refractivity contribution in [1.82, 2.24) is 9.88 Å². The van der Waals surface area contributed by atoms with Gasteiger partial charge in [-0.1, -0.05) is 18.2 Å². The summed E-state index contributed by atoms with van der Waals surface area (Å²) in [6.45, 7) is 3.69. The second-order valence-corrected chi connectivity index (χ2v) is 10.7. The lowest BCUT2D eigenvalue weighted by atomic mass is 10.0. The topological polar surface area (TPSA) is 164 Å². The third-order valence-electron chi connectivity index (χ3n) is 5.83. The number of hydrogen-bond acceptors (Lipinski definition) is 8. The second kappa shape index (κ2) is 12.9. The van der Waals surface area contributed by atoms with Gasteiger partial charge < -0.3 is 34.1 Å². The highest BCUT2D eigenvalue weighted by Crippen LogP contribution is 2.34. The molecule has 0 spiro atoms. The van der Waals surface area contributed by atoms with Crippen molar-refractivity contribution in [3.05, 3.63) is 65.1 Å². The summed E-state index contributed by atoms with van der Waals surface area (Å²) in [5, 5.41) is 8.84. The maximum atomic E-state index is 12.7. The second-order valence-electron chi connectivity index (χ2n) is 8.85. The summed E-state index contributed by atoms with van der Waals surface area (Å²) >= 11 is 0. The molecular formula is C26H33N4O7P. The number of fused-ring (bicyclic) bond motifs is 2. The SMILES string of the molecule is Cc1c(CN(C)C(=O)/C=C/c2cnc3c(c2)CCC(=O)N3COP(C)(=O)[O-])oc2ccccc12.[NH3+]CCO. The fourth-order valence-corrected chi connectivity index (χ4v) is 4.12. The first-order valence-corrected chi connectivity index (χ1v) is 14.1. The van der Waals surface area contributed by atoms with Crippen molar-refractivity contribution in [3.8, 4) is 0 Å². The molecule has 1 aromatic carbocycles. The van der Waals surface area contributed by atoms with Crippen molar-refractivity contribution in [3.63, 3.8) is 0 Å². The van der Waals surface area contributed by atoms with Crippen molar-refractivity contribution in [2.45, 2.75) is 26.3 Å². The van der Waals surface area contributed by atoms with Gasteiger partial charge in [0.25, 0.3) is 0 Å². The predicted octanol–water partition coefficient (Wildman–Crippen LogP) is 1.47. The first kappa shape index (κ1) is 29.2. The Bertz CT molecular complexity index is 1360. The smallest absolute Gasteiger partial charge is 0.246 e. The van der Waals surface area contributed by atoms with Crippen LogP contribution < -0.4 is 15.5 Å². The highest BCUT2D eigenvalue weighted by Gasteiger charge is 2.26. The minimum Gasteiger partial charge on any atom is -0.779 e. The number of para-hydroxylation sites is 1. The number of aliphatic hydroxyl groups is 1. The van der Waals surface area contributed by atoms with Gasteiger partial charge in [0.15, 0.2) is 0 Å². The van der Waals surface area contributed by atoms with Gasteiger partial charge in [-0.2, -0.15) is 0 Å². The van der Waals surface area contributed by atoms with E-state index in [4.69, 9.17) is 14.0 Å². The van der Waals surface area contributed by atoms with Gasteiger partial charge in [0, 0.05) is 43.4 Å². The first-order chi connectivity index (χ1) is 18.0. The molecule has 2 aromatic heterocycles. The lowest BCUT2D eigenvalue weighted by Gasteiger charge is -2.30. The molecule has 2 amide bonds. The Hall–Kier alpha value is -3.34. The number of quaternary nitrogens is 1. The zero-order valence-corrected chi connectivity index (χ0v) is 22.6. The molecule has 1 atom stereocenters. The van der Waals surface area contributed by atoms with Crippen LogP contribution in [0.4, 0.5) is 5.82 Å². The molecular weight excluding hydrogens is 511 g/mol. The summed E-state index contributed by atoms with van der Waals surface area (Å²) in [6, 6.07) is 9.59. The molecule has 11 nitrogen and oxygen atoms in total. The summed E-state index contributed by atoms with van der Waals surface area (Å²) in [6.07, 6.45) is 5.34. The number of benzene rings is 1. The number of nitrogens with zero attached hydrogens (tertiary/aromatic N) is 3. The molecule has 0 fully saturated rings. The fraction of sp³-hybridized carbons (Fsp3) is 0.346. The minimum absolute atomic E-state index is 0.197. The van der Waals surface area contributed by atoms with Crippen molar-refractivity contribution < 1.29 is 38.8 Å². The summed E-state index contributed by atoms with van der Waals surface area (Å²) in [5.41, 5.74) is 6.63. The summed E-state index contributed by atoms with van der Waals surface area (Å²) in [7, 11) is -2.28. The van der Waals surface area contributed by atoms with Crippen LogP contribution in [-0.4, -0.2) is 60.4 Å². The van der Waals surface area contributed by atoms with Gasteiger partial charge in [0.1, 0.15) is 31.5 Å². The highest BCUT2D eigenvalue weighted by atomic mass is 31.2. The predicted molar refractivity (Wildman–Crippen MR) is 141 cm³/mol. The number of pyridine rings is 1. The maximum absolute atomic E-state index is 12.7. The van der Waals surface area contributed by atoms with Crippen molar-refractivity contribution >= 4 is 42.3 Å². The van der Waals surface area contributed by atoms with Crippen LogP contribution >= 0.6 is 7.60 Å². The van der Waals surface area contributed by atoms with Crippen molar-refractivity contribution in [2.24, 2.45) is 0 Å². The molecule has 12 heteroatoms. The van der Waals surface area contributed by atoms with Crippen LogP contribution in [0.2, 0.25) is 0 Å². The van der Waals surface area contributed by atoms with E-state index in [0.717, 1.165) is 34.5 Å². The zero-order chi connectivity index (χ0) is 27.9. The molecule has 4 N–H and O–H groups in total. The van der Waals surface area contributed by atoms with Gasteiger partial charge >= 0.3 is 0 Å². The zero-order valence-electron chi connectivity index (χ0n) is 21.8. The standard InChI is InChI=1S/C24H26N3O6P.C2H7NO/c1-16-19-6-4-5-7-20(19)33-21(16)14-26(2)22(28)10-8-17-12-18-9-11-23(29)27(24(18)25-13-17)15-32-34(3,30)31;3-1-2-4/h4-8,10,12-13H,9,11,14-15H2,1-3H3,(H,30,31);4H,1-3H2/b10-8+;. The Balaban J connectivity index is 0.000000934. The molecule has 38 heavy (non-hydrogen) atoms. The van der Waals surface area contributed by atoms with Gasteiger partial charge in [-0.15, -0.1) is 0 Å². The van der Waals surface area contributed by atoms with E-state index in [2.05, 4.69) is 10.7 Å². The Morgan fingerprint density at radius 1 is 1.37 bits per heavy atom. The minimum atomic E-state index is -3.98. The van der Waals surface area contributed by atoms with E-state index in [-0.39, 0.29) is 24.8 Å². The van der Waals surface area contributed by atoms with Crippen LogP contribution in [0.15, 0.2) is 47.0 Å². The molecule has 1 aliphatic heterocycles. The molecule has 3 aromatic rings. The van der Waals surface area contributed by atoms with Crippen LogP contribution in [0.25, 0.3) is 17.0 Å². The van der Waals surface area contributed by atoms with E-state index in [1.807, 2.05) is 37.3 Å². The summed E-state index contributed by atoms with van der Waals surface area (Å²) in [5.74, 6) is 0.652. The largest absolute Gasteiger partial charge is 0.779 e. The number of carbonyl (C=O) groups is 2. The monoisotopic (exact) mass is 544 g/mol. The molecule has 1 aliphatic rings. The van der Waals surface area contributed by atoms with Crippen LogP contribution in [0, 0.1) is 6.92 Å². The van der Waals surface area contributed by atoms with E-state index in [9.17, 15) is 19.0 Å². The first-order valence-electron chi connectivity index (χ1n) is 12.1. The maximum Gasteiger partial charge on any atom is 0.246 e. The van der Waals surface area contributed by atoms with Crippen LogP contribution in [0.1, 0.15) is 28.9 Å². The van der Waals surface area contributed by atoms with Crippen molar-refractivity contribution in [2.75, 3.05) is 38.5 Å². The lowest BCUT2D eigenvalue weighted by molar-refractivity contribution is -0.372. The number of aromatic nitrogens is 1. The fourth-order valence-electron chi connectivity index (χ4n) is 3.79. The average molecular weight is 545 g/mol. The number of likely N-dealkylation sites (N-methyl/N-ethyl adjacent to an activating group) is 1. The Kier molecular flexibility index (Phi) is 9.96.